The van der Waals surface area contributed by atoms with Crippen LogP contribution in [0.1, 0.15) is 6.92 Å². The Hall–Kier alpha value is -0.390. The minimum atomic E-state index is 0.280. The molecule has 0 aromatic rings. The molecule has 0 amide bonds. The SMILES string of the molecule is COCCNC(=S)N(C)C(C)COC. The zero-order valence-electron chi connectivity index (χ0n) is 9.37. The number of hydrogen-bond donors (Lipinski definition) is 1. The Kier molecular flexibility index (Phi) is 7.74. The lowest BCUT2D eigenvalue weighted by Gasteiger charge is -2.27. The van der Waals surface area contributed by atoms with Gasteiger partial charge in [0, 0.05) is 27.8 Å². The van der Waals surface area contributed by atoms with Crippen LogP contribution < -0.4 is 5.32 Å². The number of likely N-dealkylation sites (N-methyl/N-ethyl adjacent to an activating group) is 1. The highest BCUT2D eigenvalue weighted by Gasteiger charge is 2.11. The van der Waals surface area contributed by atoms with E-state index in [0.29, 0.717) is 13.2 Å². The molecule has 1 N–H and O–H groups in total. The highest BCUT2D eigenvalue weighted by Crippen LogP contribution is 1.96. The number of rotatable bonds is 6. The minimum absolute atomic E-state index is 0.280. The zero-order chi connectivity index (χ0) is 11.0. The molecule has 0 aliphatic carbocycles. The van der Waals surface area contributed by atoms with Crippen molar-refractivity contribution >= 4 is 17.3 Å². The largest absolute Gasteiger partial charge is 0.383 e. The van der Waals surface area contributed by atoms with Gasteiger partial charge in [-0.1, -0.05) is 0 Å². The predicted octanol–water partition coefficient (Wildman–Crippen LogP) is 0.474. The molecule has 0 aliphatic heterocycles. The molecule has 0 aliphatic rings. The summed E-state index contributed by atoms with van der Waals surface area (Å²) in [6, 6.07) is 0.280. The van der Waals surface area contributed by atoms with Gasteiger partial charge in [-0.05, 0) is 19.1 Å². The predicted molar refractivity (Wildman–Crippen MR) is 61.6 cm³/mol. The average Bonchev–Trinajstić information content (AvgIpc) is 2.17. The second-order valence-electron chi connectivity index (χ2n) is 3.14. The summed E-state index contributed by atoms with van der Waals surface area (Å²) in [7, 11) is 5.31. The summed E-state index contributed by atoms with van der Waals surface area (Å²) in [4.78, 5) is 1.98. The normalized spacial score (nSPS) is 12.3. The first kappa shape index (κ1) is 13.6. The van der Waals surface area contributed by atoms with Crippen molar-refractivity contribution in [1.29, 1.82) is 0 Å². The Bertz CT molecular complexity index is 167. The van der Waals surface area contributed by atoms with E-state index in [1.165, 1.54) is 0 Å². The monoisotopic (exact) mass is 220 g/mol. The summed E-state index contributed by atoms with van der Waals surface area (Å²) in [5, 5.41) is 3.83. The molecule has 5 heteroatoms. The van der Waals surface area contributed by atoms with Gasteiger partial charge < -0.3 is 19.7 Å². The third-order valence-corrected chi connectivity index (χ3v) is 2.40. The van der Waals surface area contributed by atoms with Crippen molar-refractivity contribution in [2.24, 2.45) is 0 Å². The van der Waals surface area contributed by atoms with Crippen molar-refractivity contribution in [2.75, 3.05) is 41.0 Å². The Morgan fingerprint density at radius 3 is 2.57 bits per heavy atom. The van der Waals surface area contributed by atoms with Crippen LogP contribution in [-0.4, -0.2) is 57.1 Å². The fourth-order valence-corrected chi connectivity index (χ4v) is 1.22. The molecule has 1 atom stereocenters. The maximum Gasteiger partial charge on any atom is 0.169 e. The van der Waals surface area contributed by atoms with E-state index in [2.05, 4.69) is 12.2 Å². The van der Waals surface area contributed by atoms with Gasteiger partial charge in [-0.25, -0.2) is 0 Å². The van der Waals surface area contributed by atoms with Gasteiger partial charge in [0.2, 0.25) is 0 Å². The Labute approximate surface area is 91.6 Å². The summed E-state index contributed by atoms with van der Waals surface area (Å²) < 4.78 is 9.96. The fourth-order valence-electron chi connectivity index (χ4n) is 0.938. The molecule has 0 heterocycles. The van der Waals surface area contributed by atoms with E-state index in [0.717, 1.165) is 11.7 Å². The molecule has 0 radical (unpaired) electrons. The number of thiocarbonyl (C=S) groups is 1. The second-order valence-corrected chi connectivity index (χ2v) is 3.53. The van der Waals surface area contributed by atoms with Crippen molar-refractivity contribution in [3.8, 4) is 0 Å². The number of hydrogen-bond acceptors (Lipinski definition) is 3. The number of nitrogens with zero attached hydrogens (tertiary/aromatic N) is 1. The first-order valence-corrected chi connectivity index (χ1v) is 5.02. The smallest absolute Gasteiger partial charge is 0.169 e. The van der Waals surface area contributed by atoms with E-state index in [9.17, 15) is 0 Å². The highest BCUT2D eigenvalue weighted by atomic mass is 32.1. The fraction of sp³-hybridized carbons (Fsp3) is 0.889. The first-order valence-electron chi connectivity index (χ1n) is 4.62. The van der Waals surface area contributed by atoms with Gasteiger partial charge in [-0.2, -0.15) is 0 Å². The molecular weight excluding hydrogens is 200 g/mol. The van der Waals surface area contributed by atoms with Gasteiger partial charge >= 0.3 is 0 Å². The Morgan fingerprint density at radius 1 is 1.43 bits per heavy atom. The average molecular weight is 220 g/mol. The molecule has 4 nitrogen and oxygen atoms in total. The van der Waals surface area contributed by atoms with Crippen LogP contribution in [0.25, 0.3) is 0 Å². The maximum absolute atomic E-state index is 5.18. The lowest BCUT2D eigenvalue weighted by molar-refractivity contribution is 0.144. The molecule has 0 saturated heterocycles. The van der Waals surface area contributed by atoms with E-state index in [-0.39, 0.29) is 6.04 Å². The summed E-state index contributed by atoms with van der Waals surface area (Å²) in [6.45, 7) is 4.13. The van der Waals surface area contributed by atoms with E-state index >= 15 is 0 Å². The van der Waals surface area contributed by atoms with Crippen LogP contribution in [0.5, 0.6) is 0 Å². The van der Waals surface area contributed by atoms with E-state index in [4.69, 9.17) is 21.7 Å². The van der Waals surface area contributed by atoms with Gasteiger partial charge in [0.25, 0.3) is 0 Å². The van der Waals surface area contributed by atoms with Crippen molar-refractivity contribution < 1.29 is 9.47 Å². The summed E-state index contributed by atoms with van der Waals surface area (Å²) in [5.74, 6) is 0. The minimum Gasteiger partial charge on any atom is -0.383 e. The zero-order valence-corrected chi connectivity index (χ0v) is 10.2. The molecule has 0 aromatic heterocycles. The van der Waals surface area contributed by atoms with Gasteiger partial charge in [-0.3, -0.25) is 0 Å². The third kappa shape index (κ3) is 5.36. The summed E-state index contributed by atoms with van der Waals surface area (Å²) >= 11 is 5.18. The van der Waals surface area contributed by atoms with Crippen LogP contribution in [0, 0.1) is 0 Å². The molecule has 0 saturated carbocycles. The van der Waals surface area contributed by atoms with E-state index in [1.807, 2.05) is 11.9 Å². The molecule has 0 aromatic carbocycles. The molecule has 0 spiro atoms. The number of ether oxygens (including phenoxy) is 2. The molecular formula is C9H20N2O2S. The molecule has 0 rings (SSSR count). The third-order valence-electron chi connectivity index (χ3n) is 1.97. The quantitative estimate of drug-likeness (QED) is 0.520. The molecule has 14 heavy (non-hydrogen) atoms. The maximum atomic E-state index is 5.18. The van der Waals surface area contributed by atoms with Crippen molar-refractivity contribution in [3.63, 3.8) is 0 Å². The van der Waals surface area contributed by atoms with Crippen LogP contribution in [0.4, 0.5) is 0 Å². The molecule has 1 unspecified atom stereocenters. The Morgan fingerprint density at radius 2 is 2.07 bits per heavy atom. The molecule has 0 fully saturated rings. The van der Waals surface area contributed by atoms with Gasteiger partial charge in [0.15, 0.2) is 5.11 Å². The van der Waals surface area contributed by atoms with Gasteiger partial charge in [0.05, 0.1) is 19.3 Å². The second kappa shape index (κ2) is 7.96. The van der Waals surface area contributed by atoms with Crippen LogP contribution >= 0.6 is 12.2 Å². The standard InChI is InChI=1S/C9H20N2O2S/c1-8(7-13-4)11(2)9(14)10-5-6-12-3/h8H,5-7H2,1-4H3,(H,10,14). The van der Waals surface area contributed by atoms with Gasteiger partial charge in [0.1, 0.15) is 0 Å². The lowest BCUT2D eigenvalue weighted by atomic mass is 10.3. The van der Waals surface area contributed by atoms with Crippen LogP contribution in [0.3, 0.4) is 0 Å². The number of methoxy groups -OCH3 is 2. The highest BCUT2D eigenvalue weighted by molar-refractivity contribution is 7.80. The topological polar surface area (TPSA) is 33.7 Å². The van der Waals surface area contributed by atoms with Crippen LogP contribution in [-0.2, 0) is 9.47 Å². The molecule has 84 valence electrons. The summed E-state index contributed by atoms with van der Waals surface area (Å²) in [5.41, 5.74) is 0. The van der Waals surface area contributed by atoms with Crippen molar-refractivity contribution in [1.82, 2.24) is 10.2 Å². The number of nitrogens with one attached hydrogen (secondary N) is 1. The van der Waals surface area contributed by atoms with E-state index in [1.54, 1.807) is 14.2 Å². The lowest BCUT2D eigenvalue weighted by Crippen LogP contribution is -2.44. The van der Waals surface area contributed by atoms with Crippen molar-refractivity contribution in [3.05, 3.63) is 0 Å². The van der Waals surface area contributed by atoms with E-state index < -0.39 is 0 Å². The van der Waals surface area contributed by atoms with Crippen LogP contribution in [0.2, 0.25) is 0 Å². The summed E-state index contributed by atoms with van der Waals surface area (Å²) in [6.07, 6.45) is 0. The Balaban J connectivity index is 3.74. The first-order chi connectivity index (χ1) is 6.63. The molecule has 0 bridgehead atoms. The van der Waals surface area contributed by atoms with Crippen LogP contribution in [0.15, 0.2) is 0 Å². The van der Waals surface area contributed by atoms with Gasteiger partial charge in [-0.15, -0.1) is 0 Å². The van der Waals surface area contributed by atoms with Crippen molar-refractivity contribution in [2.45, 2.75) is 13.0 Å².